The van der Waals surface area contributed by atoms with E-state index in [9.17, 15) is 4.79 Å². The lowest BCUT2D eigenvalue weighted by Crippen LogP contribution is -2.22. The predicted octanol–water partition coefficient (Wildman–Crippen LogP) is 3.19. The van der Waals surface area contributed by atoms with Gasteiger partial charge in [0.05, 0.1) is 10.9 Å². The normalized spacial score (nSPS) is 10.5. The molecule has 20 heavy (non-hydrogen) atoms. The molecule has 0 aliphatic heterocycles. The van der Waals surface area contributed by atoms with Crippen LogP contribution >= 0.6 is 34.3 Å². The standard InChI is InChI=1S/C12H15ClN4OS2/c1-2-5-15-12-17-10(14)9(20-12)11(18)16-6-7-3-4-8(13)19-7/h3-4H,2,5-6,14H2,1H3,(H,15,17)(H,16,18). The van der Waals surface area contributed by atoms with Crippen LogP contribution in [-0.2, 0) is 6.54 Å². The number of hydrogen-bond donors (Lipinski definition) is 3. The molecule has 4 N–H and O–H groups in total. The van der Waals surface area contributed by atoms with Crippen molar-refractivity contribution in [1.82, 2.24) is 10.3 Å². The fourth-order valence-corrected chi connectivity index (χ4v) is 3.35. The largest absolute Gasteiger partial charge is 0.382 e. The number of thiophene rings is 1. The molecule has 0 saturated carbocycles. The van der Waals surface area contributed by atoms with Crippen LogP contribution in [0.25, 0.3) is 0 Å². The summed E-state index contributed by atoms with van der Waals surface area (Å²) in [6.07, 6.45) is 0.986. The van der Waals surface area contributed by atoms with E-state index in [1.54, 1.807) is 0 Å². The Bertz CT molecular complexity index is 596. The molecule has 0 radical (unpaired) electrons. The number of thiazole rings is 1. The molecule has 0 fully saturated rings. The topological polar surface area (TPSA) is 80.0 Å². The Hall–Kier alpha value is -1.31. The lowest BCUT2D eigenvalue weighted by Gasteiger charge is -2.01. The van der Waals surface area contributed by atoms with E-state index in [1.165, 1.54) is 22.7 Å². The minimum Gasteiger partial charge on any atom is -0.382 e. The van der Waals surface area contributed by atoms with E-state index < -0.39 is 0 Å². The summed E-state index contributed by atoms with van der Waals surface area (Å²) in [5.41, 5.74) is 5.77. The Labute approximate surface area is 130 Å². The number of nitrogens with zero attached hydrogens (tertiary/aromatic N) is 1. The van der Waals surface area contributed by atoms with Crippen LogP contribution in [0.3, 0.4) is 0 Å². The number of anilines is 2. The molecule has 0 aromatic carbocycles. The molecular formula is C12H15ClN4OS2. The van der Waals surface area contributed by atoms with Gasteiger partial charge in [0.1, 0.15) is 10.7 Å². The first-order valence-corrected chi connectivity index (χ1v) is 8.13. The molecule has 5 nitrogen and oxygen atoms in total. The lowest BCUT2D eigenvalue weighted by atomic mass is 10.4. The minimum atomic E-state index is -0.214. The van der Waals surface area contributed by atoms with Gasteiger partial charge in [-0.2, -0.15) is 0 Å². The lowest BCUT2D eigenvalue weighted by molar-refractivity contribution is 0.0956. The third-order valence-corrected chi connectivity index (χ3v) is 4.70. The molecule has 0 atom stereocenters. The van der Waals surface area contributed by atoms with Crippen molar-refractivity contribution in [2.45, 2.75) is 19.9 Å². The van der Waals surface area contributed by atoms with Gasteiger partial charge in [-0.05, 0) is 18.6 Å². The second-order valence-corrected chi connectivity index (χ2v) is 6.85. The quantitative estimate of drug-likeness (QED) is 0.760. The van der Waals surface area contributed by atoms with Gasteiger partial charge in [0, 0.05) is 11.4 Å². The van der Waals surface area contributed by atoms with E-state index in [1.807, 2.05) is 12.1 Å². The highest BCUT2D eigenvalue weighted by atomic mass is 35.5. The van der Waals surface area contributed by atoms with Crippen LogP contribution in [0.5, 0.6) is 0 Å². The van der Waals surface area contributed by atoms with Crippen LogP contribution in [0.4, 0.5) is 10.9 Å². The highest BCUT2D eigenvalue weighted by Gasteiger charge is 2.16. The average Bonchev–Trinajstić information content (AvgIpc) is 3.00. The Kier molecular flexibility index (Phi) is 5.22. The number of aromatic nitrogens is 1. The molecule has 0 bridgehead atoms. The van der Waals surface area contributed by atoms with Crippen molar-refractivity contribution in [3.05, 3.63) is 26.2 Å². The third-order valence-electron chi connectivity index (χ3n) is 2.44. The van der Waals surface area contributed by atoms with Crippen LogP contribution in [0, 0.1) is 0 Å². The smallest absolute Gasteiger partial charge is 0.265 e. The molecule has 1 amide bonds. The van der Waals surface area contributed by atoms with E-state index in [-0.39, 0.29) is 11.7 Å². The zero-order valence-corrected chi connectivity index (χ0v) is 13.3. The van der Waals surface area contributed by atoms with E-state index in [4.69, 9.17) is 17.3 Å². The van der Waals surface area contributed by atoms with E-state index in [0.717, 1.165) is 17.8 Å². The maximum atomic E-state index is 12.1. The molecule has 2 aromatic rings. The molecular weight excluding hydrogens is 316 g/mol. The van der Waals surface area contributed by atoms with Gasteiger partial charge in [-0.3, -0.25) is 4.79 Å². The minimum absolute atomic E-state index is 0.214. The second kappa shape index (κ2) is 6.92. The van der Waals surface area contributed by atoms with Gasteiger partial charge in [0.15, 0.2) is 5.13 Å². The molecule has 108 valence electrons. The van der Waals surface area contributed by atoms with Crippen molar-refractivity contribution < 1.29 is 4.79 Å². The maximum absolute atomic E-state index is 12.1. The van der Waals surface area contributed by atoms with Crippen molar-refractivity contribution >= 4 is 51.1 Å². The van der Waals surface area contributed by atoms with Gasteiger partial charge in [0.2, 0.25) is 0 Å². The summed E-state index contributed by atoms with van der Waals surface area (Å²) in [6.45, 7) is 3.30. The van der Waals surface area contributed by atoms with Gasteiger partial charge in [-0.25, -0.2) is 4.98 Å². The summed E-state index contributed by atoms with van der Waals surface area (Å²) in [4.78, 5) is 17.6. The number of nitrogens with two attached hydrogens (primary N) is 1. The molecule has 0 aliphatic carbocycles. The molecule has 0 spiro atoms. The highest BCUT2D eigenvalue weighted by molar-refractivity contribution is 7.18. The molecule has 0 aliphatic rings. The molecule has 0 saturated heterocycles. The zero-order chi connectivity index (χ0) is 14.5. The van der Waals surface area contributed by atoms with Crippen molar-refractivity contribution in [3.8, 4) is 0 Å². The summed E-state index contributed by atoms with van der Waals surface area (Å²) < 4.78 is 0.706. The fraction of sp³-hybridized carbons (Fsp3) is 0.333. The second-order valence-electron chi connectivity index (χ2n) is 4.05. The first-order valence-electron chi connectivity index (χ1n) is 6.12. The molecule has 8 heteroatoms. The third kappa shape index (κ3) is 3.84. The van der Waals surface area contributed by atoms with Crippen LogP contribution in [-0.4, -0.2) is 17.4 Å². The Morgan fingerprint density at radius 2 is 2.25 bits per heavy atom. The van der Waals surface area contributed by atoms with Crippen LogP contribution in [0.15, 0.2) is 12.1 Å². The number of carbonyl (C=O) groups excluding carboxylic acids is 1. The van der Waals surface area contributed by atoms with Gasteiger partial charge in [-0.15, -0.1) is 11.3 Å². The average molecular weight is 331 g/mol. The fourth-order valence-electron chi connectivity index (χ4n) is 1.50. The Morgan fingerprint density at radius 3 is 2.90 bits per heavy atom. The molecule has 2 aromatic heterocycles. The number of carbonyl (C=O) groups is 1. The summed E-state index contributed by atoms with van der Waals surface area (Å²) in [5, 5.41) is 6.61. The Balaban J connectivity index is 1.96. The van der Waals surface area contributed by atoms with Crippen molar-refractivity contribution in [2.75, 3.05) is 17.6 Å². The predicted molar refractivity (Wildman–Crippen MR) is 85.8 cm³/mol. The SMILES string of the molecule is CCCNc1nc(N)c(C(=O)NCc2ccc(Cl)s2)s1. The number of amides is 1. The monoisotopic (exact) mass is 330 g/mol. The number of nitrogen functional groups attached to an aromatic ring is 1. The van der Waals surface area contributed by atoms with Crippen molar-refractivity contribution in [3.63, 3.8) is 0 Å². The summed E-state index contributed by atoms with van der Waals surface area (Å²) in [6, 6.07) is 3.69. The van der Waals surface area contributed by atoms with Gasteiger partial charge in [-0.1, -0.05) is 29.9 Å². The van der Waals surface area contributed by atoms with Crippen LogP contribution in [0.1, 0.15) is 27.9 Å². The summed E-state index contributed by atoms with van der Waals surface area (Å²) >= 11 is 8.55. The molecule has 2 rings (SSSR count). The van der Waals surface area contributed by atoms with Gasteiger partial charge in [0.25, 0.3) is 5.91 Å². The van der Waals surface area contributed by atoms with Gasteiger partial charge >= 0.3 is 0 Å². The molecule has 0 unspecified atom stereocenters. The summed E-state index contributed by atoms with van der Waals surface area (Å²) in [5.74, 6) is 0.0457. The van der Waals surface area contributed by atoms with E-state index in [0.29, 0.717) is 20.9 Å². The number of halogens is 1. The van der Waals surface area contributed by atoms with E-state index in [2.05, 4.69) is 22.5 Å². The summed E-state index contributed by atoms with van der Waals surface area (Å²) in [7, 11) is 0. The zero-order valence-electron chi connectivity index (χ0n) is 10.9. The van der Waals surface area contributed by atoms with Crippen LogP contribution < -0.4 is 16.4 Å². The highest BCUT2D eigenvalue weighted by Crippen LogP contribution is 2.25. The number of rotatable bonds is 6. The van der Waals surface area contributed by atoms with E-state index >= 15 is 0 Å². The van der Waals surface area contributed by atoms with Gasteiger partial charge < -0.3 is 16.4 Å². The first-order chi connectivity index (χ1) is 9.60. The van der Waals surface area contributed by atoms with Crippen molar-refractivity contribution in [1.29, 1.82) is 0 Å². The molecule has 2 heterocycles. The number of hydrogen-bond acceptors (Lipinski definition) is 6. The Morgan fingerprint density at radius 1 is 1.45 bits per heavy atom. The van der Waals surface area contributed by atoms with Crippen molar-refractivity contribution in [2.24, 2.45) is 0 Å². The number of nitrogens with one attached hydrogen (secondary N) is 2. The maximum Gasteiger partial charge on any atom is 0.265 e. The first kappa shape index (κ1) is 15.1. The van der Waals surface area contributed by atoms with Crippen LogP contribution in [0.2, 0.25) is 4.34 Å².